The van der Waals surface area contributed by atoms with Gasteiger partial charge in [-0.3, -0.25) is 19.3 Å². The topological polar surface area (TPSA) is 108 Å². The summed E-state index contributed by atoms with van der Waals surface area (Å²) >= 11 is 0. The number of hydrogen-bond donors (Lipinski definition) is 2. The first-order chi connectivity index (χ1) is 14.5. The van der Waals surface area contributed by atoms with Gasteiger partial charge in [0.2, 0.25) is 11.8 Å². The van der Waals surface area contributed by atoms with Crippen LogP contribution in [-0.2, 0) is 23.9 Å². The van der Waals surface area contributed by atoms with Gasteiger partial charge in [0.05, 0.1) is 38.3 Å². The first kappa shape index (κ1) is 22.7. The van der Waals surface area contributed by atoms with Gasteiger partial charge in [-0.1, -0.05) is 19.1 Å². The average molecular weight is 424 g/mol. The number of hydrogen-bond acceptors (Lipinski definition) is 7. The van der Waals surface area contributed by atoms with Crippen LogP contribution in [0.25, 0.3) is 0 Å². The number of β-amino-alcohol motifs (C(OH)–C–C–N with tert-alkyl or cyclic N) is 1. The first-order valence-corrected chi connectivity index (χ1v) is 10.8. The molecule has 0 unspecified atom stereocenters. The molecule has 0 spiro atoms. The van der Waals surface area contributed by atoms with Gasteiger partial charge in [0, 0.05) is 38.6 Å². The molecule has 2 saturated heterocycles. The van der Waals surface area contributed by atoms with Crippen molar-refractivity contribution in [2.75, 3.05) is 59.2 Å². The van der Waals surface area contributed by atoms with Gasteiger partial charge in [0.1, 0.15) is 6.04 Å². The normalized spacial score (nSPS) is 31.5. The van der Waals surface area contributed by atoms with Crippen LogP contribution in [0.15, 0.2) is 12.2 Å². The van der Waals surface area contributed by atoms with Crippen LogP contribution in [0.4, 0.5) is 0 Å². The fourth-order valence-corrected chi connectivity index (χ4v) is 4.81. The first-order valence-electron chi connectivity index (χ1n) is 10.8. The lowest BCUT2D eigenvalue weighted by atomic mass is 9.70. The van der Waals surface area contributed by atoms with Gasteiger partial charge in [0.15, 0.2) is 0 Å². The summed E-state index contributed by atoms with van der Waals surface area (Å²) < 4.78 is 10.6. The maximum absolute atomic E-state index is 13.2. The summed E-state index contributed by atoms with van der Waals surface area (Å²) in [6.45, 7) is 7.90. The third-order valence-corrected chi connectivity index (χ3v) is 6.27. The third kappa shape index (κ3) is 4.68. The number of allylic oxidation sites excluding steroid dienone is 1. The minimum atomic E-state index is -0.736. The monoisotopic (exact) mass is 423 g/mol. The molecule has 0 aromatic heterocycles. The number of carbonyl (C=O) groups excluding carboxylic acids is 3. The second-order valence-electron chi connectivity index (χ2n) is 8.07. The Labute approximate surface area is 177 Å². The lowest BCUT2D eigenvalue weighted by Crippen LogP contribution is -2.50. The smallest absolute Gasteiger partial charge is 0.310 e. The number of nitrogens with zero attached hydrogens (tertiary/aromatic N) is 2. The number of rotatable bonds is 8. The number of nitrogens with one attached hydrogen (secondary N) is 1. The summed E-state index contributed by atoms with van der Waals surface area (Å²) in [5.41, 5.74) is 0. The summed E-state index contributed by atoms with van der Waals surface area (Å²) in [6.07, 6.45) is 3.78. The Bertz CT molecular complexity index is 663. The predicted octanol–water partition coefficient (Wildman–Crippen LogP) is -0.744. The Balaban J connectivity index is 1.73. The molecule has 2 aliphatic heterocycles. The zero-order valence-corrected chi connectivity index (χ0v) is 17.8. The number of aliphatic hydroxyl groups is 1. The number of amides is 2. The highest BCUT2D eigenvalue weighted by Gasteiger charge is 2.56. The van der Waals surface area contributed by atoms with E-state index in [-0.39, 0.29) is 37.5 Å². The zero-order chi connectivity index (χ0) is 21.7. The SMILES string of the molecule is CCOC(=O)[C@H]1[C@H]2C(=O)N(CCO)[C@H](C(=O)NCCN3CCOCC3)[C@H]2C=C[C@H]1C. The summed E-state index contributed by atoms with van der Waals surface area (Å²) in [4.78, 5) is 42.5. The van der Waals surface area contributed by atoms with Crippen LogP contribution in [0.2, 0.25) is 0 Å². The molecular weight excluding hydrogens is 390 g/mol. The van der Waals surface area contributed by atoms with E-state index in [0.717, 1.165) is 13.1 Å². The molecule has 2 amide bonds. The number of likely N-dealkylation sites (tertiary alicyclic amines) is 1. The van der Waals surface area contributed by atoms with E-state index in [0.29, 0.717) is 26.3 Å². The largest absolute Gasteiger partial charge is 0.466 e. The van der Waals surface area contributed by atoms with Crippen LogP contribution < -0.4 is 5.32 Å². The van der Waals surface area contributed by atoms with Gasteiger partial charge in [0.25, 0.3) is 0 Å². The second-order valence-corrected chi connectivity index (χ2v) is 8.07. The quantitative estimate of drug-likeness (QED) is 0.391. The Kier molecular flexibility index (Phi) is 7.85. The molecule has 0 aromatic carbocycles. The van der Waals surface area contributed by atoms with Crippen LogP contribution in [0.1, 0.15) is 13.8 Å². The zero-order valence-electron chi connectivity index (χ0n) is 17.8. The van der Waals surface area contributed by atoms with Crippen LogP contribution in [-0.4, -0.2) is 97.9 Å². The molecule has 1 aliphatic carbocycles. The summed E-state index contributed by atoms with van der Waals surface area (Å²) in [7, 11) is 0. The molecule has 2 heterocycles. The van der Waals surface area contributed by atoms with Crippen molar-refractivity contribution in [1.82, 2.24) is 15.1 Å². The molecule has 3 rings (SSSR count). The second kappa shape index (κ2) is 10.4. The van der Waals surface area contributed by atoms with Crippen molar-refractivity contribution in [3.8, 4) is 0 Å². The molecule has 9 nitrogen and oxygen atoms in total. The Hall–Kier alpha value is -1.97. The van der Waals surface area contributed by atoms with E-state index in [1.807, 2.05) is 19.1 Å². The molecule has 30 heavy (non-hydrogen) atoms. The minimum absolute atomic E-state index is 0.0607. The number of esters is 1. The molecule has 0 aromatic rings. The molecule has 2 N–H and O–H groups in total. The van der Waals surface area contributed by atoms with Crippen LogP contribution in [0.5, 0.6) is 0 Å². The number of aliphatic hydroxyl groups excluding tert-OH is 1. The molecule has 0 saturated carbocycles. The minimum Gasteiger partial charge on any atom is -0.466 e. The average Bonchev–Trinajstić information content (AvgIpc) is 3.01. The van der Waals surface area contributed by atoms with Gasteiger partial charge in [-0.2, -0.15) is 0 Å². The van der Waals surface area contributed by atoms with E-state index in [9.17, 15) is 19.5 Å². The molecule has 0 bridgehead atoms. The fourth-order valence-electron chi connectivity index (χ4n) is 4.81. The number of ether oxygens (including phenoxy) is 2. The van der Waals surface area contributed by atoms with Crippen molar-refractivity contribution < 1.29 is 29.0 Å². The summed E-state index contributed by atoms with van der Waals surface area (Å²) in [5.74, 6) is -2.78. The van der Waals surface area contributed by atoms with Crippen molar-refractivity contribution in [2.24, 2.45) is 23.7 Å². The highest BCUT2D eigenvalue weighted by Crippen LogP contribution is 2.44. The molecular formula is C21H33N3O6. The highest BCUT2D eigenvalue weighted by atomic mass is 16.5. The maximum atomic E-state index is 13.2. The Morgan fingerprint density at radius 2 is 2.00 bits per heavy atom. The lowest BCUT2D eigenvalue weighted by Gasteiger charge is -2.32. The van der Waals surface area contributed by atoms with E-state index >= 15 is 0 Å². The van der Waals surface area contributed by atoms with Crippen molar-refractivity contribution in [3.63, 3.8) is 0 Å². The van der Waals surface area contributed by atoms with E-state index in [1.54, 1.807) is 6.92 Å². The van der Waals surface area contributed by atoms with Gasteiger partial charge in [-0.15, -0.1) is 0 Å². The van der Waals surface area contributed by atoms with E-state index in [2.05, 4.69) is 10.2 Å². The number of fused-ring (bicyclic) bond motifs is 1. The van der Waals surface area contributed by atoms with E-state index in [1.165, 1.54) is 4.90 Å². The predicted molar refractivity (Wildman–Crippen MR) is 108 cm³/mol. The van der Waals surface area contributed by atoms with Crippen molar-refractivity contribution in [2.45, 2.75) is 19.9 Å². The van der Waals surface area contributed by atoms with Crippen LogP contribution >= 0.6 is 0 Å². The summed E-state index contributed by atoms with van der Waals surface area (Å²) in [5, 5.41) is 12.4. The van der Waals surface area contributed by atoms with Crippen molar-refractivity contribution >= 4 is 17.8 Å². The molecule has 3 aliphatic rings. The van der Waals surface area contributed by atoms with Crippen LogP contribution in [0.3, 0.4) is 0 Å². The third-order valence-electron chi connectivity index (χ3n) is 6.27. The fraction of sp³-hybridized carbons (Fsp3) is 0.762. The maximum Gasteiger partial charge on any atom is 0.310 e. The Morgan fingerprint density at radius 1 is 1.27 bits per heavy atom. The standard InChI is InChI=1S/C21H33N3O6/c1-3-30-21(28)16-14(2)4-5-15-17(16)20(27)24(8-11-25)18(15)19(26)22-6-7-23-9-12-29-13-10-23/h4-5,14-18,25H,3,6-13H2,1-2H3,(H,22,26)/t14-,15+,16-,17+,18+/m1/s1. The Morgan fingerprint density at radius 3 is 2.67 bits per heavy atom. The molecule has 2 fully saturated rings. The van der Waals surface area contributed by atoms with Gasteiger partial charge < -0.3 is 24.8 Å². The van der Waals surface area contributed by atoms with Gasteiger partial charge in [-0.05, 0) is 12.8 Å². The van der Waals surface area contributed by atoms with E-state index < -0.39 is 29.8 Å². The van der Waals surface area contributed by atoms with Crippen molar-refractivity contribution in [3.05, 3.63) is 12.2 Å². The van der Waals surface area contributed by atoms with Crippen LogP contribution in [0, 0.1) is 23.7 Å². The summed E-state index contributed by atoms with van der Waals surface area (Å²) in [6, 6.07) is -0.736. The lowest BCUT2D eigenvalue weighted by molar-refractivity contribution is -0.155. The van der Waals surface area contributed by atoms with Gasteiger partial charge >= 0.3 is 5.97 Å². The highest BCUT2D eigenvalue weighted by molar-refractivity contribution is 5.96. The number of carbonyl (C=O) groups is 3. The number of morpholine rings is 1. The molecule has 168 valence electrons. The molecule has 9 heteroatoms. The van der Waals surface area contributed by atoms with Crippen molar-refractivity contribution in [1.29, 1.82) is 0 Å². The van der Waals surface area contributed by atoms with Gasteiger partial charge in [-0.25, -0.2) is 0 Å². The van der Waals surface area contributed by atoms with E-state index in [4.69, 9.17) is 9.47 Å². The molecule has 0 radical (unpaired) electrons. The molecule has 5 atom stereocenters.